The fourth-order valence-electron chi connectivity index (χ4n) is 2.92. The maximum absolute atomic E-state index is 13.0. The van der Waals surface area contributed by atoms with Gasteiger partial charge in [0.25, 0.3) is 11.8 Å². The highest BCUT2D eigenvalue weighted by molar-refractivity contribution is 6.45. The number of amides is 3. The Morgan fingerprint density at radius 1 is 1.07 bits per heavy atom. The number of nitrogens with zero attached hydrogens (tertiary/aromatic N) is 4. The predicted octanol–water partition coefficient (Wildman–Crippen LogP) is -0.249. The number of piperazine rings is 1. The maximum Gasteiger partial charge on any atom is 0.376 e. The topological polar surface area (TPSA) is 112 Å². The first-order valence-electron chi connectivity index (χ1n) is 9.02. The summed E-state index contributed by atoms with van der Waals surface area (Å²) < 4.78 is 0. The Bertz CT molecular complexity index is 888. The van der Waals surface area contributed by atoms with Crippen LogP contribution in [0.15, 0.2) is 47.1 Å². The van der Waals surface area contributed by atoms with E-state index in [2.05, 4.69) is 10.6 Å². The maximum atomic E-state index is 13.0. The van der Waals surface area contributed by atoms with Gasteiger partial charge in [0, 0.05) is 51.8 Å². The average molecular weight is 399 g/mol. The standard InChI is InChI=1S/C19H21N5O5/c1-13(25)23-8-10-24(11-9-23)18(27)15(12-16-19(28)29-21-22(16)2)20-17(26)14-6-4-3-5-7-14/h3-7,12,21H,8-11H2,1-2H3/b16-12-,20-15?. The number of carbonyl (C=O) groups is 4. The van der Waals surface area contributed by atoms with Gasteiger partial charge in [-0.3, -0.25) is 19.4 Å². The molecule has 2 aliphatic heterocycles. The summed E-state index contributed by atoms with van der Waals surface area (Å²) >= 11 is 0. The lowest BCUT2D eigenvalue weighted by Crippen LogP contribution is -2.51. The molecule has 152 valence electrons. The Morgan fingerprint density at radius 3 is 2.24 bits per heavy atom. The zero-order valence-corrected chi connectivity index (χ0v) is 16.1. The highest BCUT2D eigenvalue weighted by atomic mass is 16.7. The van der Waals surface area contributed by atoms with Crippen molar-refractivity contribution in [1.29, 1.82) is 0 Å². The molecule has 0 aromatic heterocycles. The summed E-state index contributed by atoms with van der Waals surface area (Å²) in [4.78, 5) is 60.8. The number of rotatable bonds is 3. The number of hydrazine groups is 1. The van der Waals surface area contributed by atoms with Crippen molar-refractivity contribution in [2.45, 2.75) is 6.92 Å². The molecule has 0 radical (unpaired) electrons. The second kappa shape index (κ2) is 8.65. The van der Waals surface area contributed by atoms with Gasteiger partial charge < -0.3 is 14.6 Å². The molecule has 0 saturated carbocycles. The van der Waals surface area contributed by atoms with Crippen molar-refractivity contribution < 1.29 is 24.0 Å². The number of carbonyl (C=O) groups excluding carboxylic acids is 4. The van der Waals surface area contributed by atoms with Crippen LogP contribution in [0, 0.1) is 0 Å². The summed E-state index contributed by atoms with van der Waals surface area (Å²) in [6, 6.07) is 8.32. The van der Waals surface area contributed by atoms with Gasteiger partial charge in [0.1, 0.15) is 11.4 Å². The van der Waals surface area contributed by atoms with Crippen LogP contribution in [0.2, 0.25) is 0 Å². The number of likely N-dealkylation sites (N-methyl/N-ethyl adjacent to an activating group) is 1. The number of hydrogen-bond acceptors (Lipinski definition) is 7. The van der Waals surface area contributed by atoms with E-state index < -0.39 is 17.8 Å². The van der Waals surface area contributed by atoms with Crippen LogP contribution in [0.3, 0.4) is 0 Å². The Morgan fingerprint density at radius 2 is 1.69 bits per heavy atom. The molecule has 0 bridgehead atoms. The van der Waals surface area contributed by atoms with Crippen LogP contribution in [0.1, 0.15) is 17.3 Å². The molecule has 1 aromatic carbocycles. The monoisotopic (exact) mass is 399 g/mol. The van der Waals surface area contributed by atoms with Crippen LogP contribution in [0.25, 0.3) is 0 Å². The third-order valence-corrected chi connectivity index (χ3v) is 4.59. The average Bonchev–Trinajstić information content (AvgIpc) is 3.05. The van der Waals surface area contributed by atoms with Crippen molar-refractivity contribution in [2.24, 2.45) is 4.99 Å². The van der Waals surface area contributed by atoms with Gasteiger partial charge >= 0.3 is 5.97 Å². The minimum Gasteiger partial charge on any atom is -0.345 e. The van der Waals surface area contributed by atoms with Crippen LogP contribution in [0.4, 0.5) is 0 Å². The molecule has 2 aliphatic rings. The van der Waals surface area contributed by atoms with E-state index in [0.29, 0.717) is 31.7 Å². The van der Waals surface area contributed by atoms with Crippen molar-refractivity contribution in [3.63, 3.8) is 0 Å². The first-order chi connectivity index (χ1) is 13.9. The summed E-state index contributed by atoms with van der Waals surface area (Å²) in [5.74, 6) is -1.86. The molecule has 10 nitrogen and oxygen atoms in total. The van der Waals surface area contributed by atoms with Crippen LogP contribution in [0.5, 0.6) is 0 Å². The molecule has 3 amide bonds. The molecule has 2 heterocycles. The van der Waals surface area contributed by atoms with E-state index in [-0.39, 0.29) is 17.3 Å². The lowest BCUT2D eigenvalue weighted by atomic mass is 10.2. The Labute approximate surface area is 167 Å². The molecule has 1 aromatic rings. The normalized spacial score (nSPS) is 18.8. The predicted molar refractivity (Wildman–Crippen MR) is 102 cm³/mol. The van der Waals surface area contributed by atoms with Crippen LogP contribution >= 0.6 is 0 Å². The molecule has 0 spiro atoms. The van der Waals surface area contributed by atoms with Gasteiger partial charge in [-0.15, -0.1) is 0 Å². The quantitative estimate of drug-likeness (QED) is 0.551. The van der Waals surface area contributed by atoms with Crippen molar-refractivity contribution in [3.05, 3.63) is 47.7 Å². The Balaban J connectivity index is 1.89. The van der Waals surface area contributed by atoms with E-state index in [1.807, 2.05) is 0 Å². The van der Waals surface area contributed by atoms with E-state index in [4.69, 9.17) is 4.84 Å². The molecule has 10 heteroatoms. The van der Waals surface area contributed by atoms with Gasteiger partial charge in [0.15, 0.2) is 0 Å². The summed E-state index contributed by atoms with van der Waals surface area (Å²) in [7, 11) is 1.53. The Hall–Kier alpha value is -3.53. The van der Waals surface area contributed by atoms with Crippen molar-refractivity contribution in [2.75, 3.05) is 33.2 Å². The van der Waals surface area contributed by atoms with Gasteiger partial charge in [-0.2, -0.15) is 0 Å². The van der Waals surface area contributed by atoms with Crippen LogP contribution in [-0.4, -0.2) is 77.4 Å². The second-order valence-electron chi connectivity index (χ2n) is 6.54. The fourth-order valence-corrected chi connectivity index (χ4v) is 2.92. The molecular weight excluding hydrogens is 378 g/mol. The van der Waals surface area contributed by atoms with E-state index in [1.165, 1.54) is 30.0 Å². The smallest absolute Gasteiger partial charge is 0.345 e. The molecular formula is C19H21N5O5. The summed E-state index contributed by atoms with van der Waals surface area (Å²) in [6.07, 6.45) is 1.23. The minimum atomic E-state index is -0.693. The first-order valence-corrected chi connectivity index (χ1v) is 9.02. The van der Waals surface area contributed by atoms with Crippen LogP contribution in [-0.2, 0) is 19.2 Å². The molecule has 1 N–H and O–H groups in total. The lowest BCUT2D eigenvalue weighted by molar-refractivity contribution is -0.142. The molecule has 2 fully saturated rings. The van der Waals surface area contributed by atoms with Crippen molar-refractivity contribution in [3.8, 4) is 0 Å². The number of aliphatic imine (C=N–C) groups is 1. The lowest BCUT2D eigenvalue weighted by Gasteiger charge is -2.34. The summed E-state index contributed by atoms with van der Waals surface area (Å²) in [5, 5.41) is 1.28. The fraction of sp³-hybridized carbons (Fsp3) is 0.316. The highest BCUT2D eigenvalue weighted by Gasteiger charge is 2.30. The third kappa shape index (κ3) is 4.66. The largest absolute Gasteiger partial charge is 0.376 e. The molecule has 0 atom stereocenters. The van der Waals surface area contributed by atoms with Gasteiger partial charge in [0.2, 0.25) is 5.91 Å². The van der Waals surface area contributed by atoms with Crippen molar-refractivity contribution in [1.82, 2.24) is 20.4 Å². The van der Waals surface area contributed by atoms with E-state index in [9.17, 15) is 19.2 Å². The molecule has 29 heavy (non-hydrogen) atoms. The SMILES string of the molecule is CC(=O)N1CCN(C(=O)C(/C=C2/C(=O)ONN2C)=NC(=O)c2ccccc2)CC1. The molecule has 0 aliphatic carbocycles. The van der Waals surface area contributed by atoms with Crippen molar-refractivity contribution >= 4 is 29.4 Å². The van der Waals surface area contributed by atoms with E-state index in [0.717, 1.165) is 0 Å². The zero-order chi connectivity index (χ0) is 21.0. The first kappa shape index (κ1) is 20.2. The summed E-state index contributed by atoms with van der Waals surface area (Å²) in [6.45, 7) is 2.86. The zero-order valence-electron chi connectivity index (χ0n) is 16.1. The van der Waals surface area contributed by atoms with Gasteiger partial charge in [-0.25, -0.2) is 9.79 Å². The van der Waals surface area contributed by atoms with Gasteiger partial charge in [0.05, 0.1) is 0 Å². The number of benzene rings is 1. The minimum absolute atomic E-state index is 0.0420. The molecule has 3 rings (SSSR count). The van der Waals surface area contributed by atoms with Gasteiger partial charge in [-0.05, 0) is 12.1 Å². The van der Waals surface area contributed by atoms with E-state index in [1.54, 1.807) is 35.2 Å². The molecule has 0 unspecified atom stereocenters. The third-order valence-electron chi connectivity index (χ3n) is 4.59. The second-order valence-corrected chi connectivity index (χ2v) is 6.54. The number of nitrogens with one attached hydrogen (secondary N) is 1. The summed E-state index contributed by atoms with van der Waals surface area (Å²) in [5.41, 5.74) is 2.53. The van der Waals surface area contributed by atoms with Crippen LogP contribution < -0.4 is 5.59 Å². The Kier molecular flexibility index (Phi) is 6.03. The highest BCUT2D eigenvalue weighted by Crippen LogP contribution is 2.12. The molecule has 2 saturated heterocycles. The van der Waals surface area contributed by atoms with Gasteiger partial charge in [-0.1, -0.05) is 23.8 Å². The van der Waals surface area contributed by atoms with E-state index >= 15 is 0 Å². The number of hydrogen-bond donors (Lipinski definition) is 1.